The third kappa shape index (κ3) is 2.36. The van der Waals surface area contributed by atoms with Crippen molar-refractivity contribution in [2.45, 2.75) is 13.8 Å². The number of aryl methyl sites for hydroxylation is 1. The molecule has 0 unspecified atom stereocenters. The minimum absolute atomic E-state index is 0.340. The summed E-state index contributed by atoms with van der Waals surface area (Å²) in [4.78, 5) is 11.5. The molecule has 0 fully saturated rings. The Balaban J connectivity index is 2.30. The van der Waals surface area contributed by atoms with E-state index < -0.39 is 0 Å². The van der Waals surface area contributed by atoms with Gasteiger partial charge in [0.1, 0.15) is 0 Å². The molecule has 0 spiro atoms. The van der Waals surface area contributed by atoms with E-state index in [2.05, 4.69) is 5.10 Å². The van der Waals surface area contributed by atoms with Crippen LogP contribution in [0.4, 0.5) is 0 Å². The average Bonchev–Trinajstić information content (AvgIpc) is 2.79. The molecular formula is C13H14N2O2. The van der Waals surface area contributed by atoms with Gasteiger partial charge in [-0.2, -0.15) is 5.10 Å². The van der Waals surface area contributed by atoms with Gasteiger partial charge in [0.15, 0.2) is 0 Å². The smallest absolute Gasteiger partial charge is 0.341 e. The highest BCUT2D eigenvalue weighted by molar-refractivity contribution is 5.88. The molecule has 1 aromatic carbocycles. The Morgan fingerprint density at radius 2 is 2.18 bits per heavy atom. The molecular weight excluding hydrogens is 216 g/mol. The highest BCUT2D eigenvalue weighted by Gasteiger charge is 2.10. The Labute approximate surface area is 99.8 Å². The summed E-state index contributed by atoms with van der Waals surface area (Å²) in [5, 5.41) is 4.17. The van der Waals surface area contributed by atoms with E-state index in [9.17, 15) is 4.79 Å². The molecule has 2 rings (SSSR count). The summed E-state index contributed by atoms with van der Waals surface area (Å²) < 4.78 is 6.60. The van der Waals surface area contributed by atoms with E-state index in [0.717, 1.165) is 11.3 Å². The van der Waals surface area contributed by atoms with E-state index in [0.29, 0.717) is 12.2 Å². The van der Waals surface area contributed by atoms with Gasteiger partial charge in [-0.1, -0.05) is 18.2 Å². The first kappa shape index (κ1) is 11.4. The fraction of sp³-hybridized carbons (Fsp3) is 0.231. The maximum absolute atomic E-state index is 11.5. The standard InChI is InChI=1S/C13H14N2O2/c1-3-17-13(16)11-8-14-15(9-11)12-7-5-4-6-10(12)2/h4-9H,3H2,1-2H3. The number of ether oxygens (including phenoxy) is 1. The number of aromatic nitrogens is 2. The van der Waals surface area contributed by atoms with Gasteiger partial charge in [0.25, 0.3) is 0 Å². The van der Waals surface area contributed by atoms with Crippen molar-refractivity contribution in [3.63, 3.8) is 0 Å². The van der Waals surface area contributed by atoms with Crippen molar-refractivity contribution in [2.75, 3.05) is 6.61 Å². The van der Waals surface area contributed by atoms with Crippen LogP contribution in [0.2, 0.25) is 0 Å². The molecule has 17 heavy (non-hydrogen) atoms. The van der Waals surface area contributed by atoms with E-state index in [1.165, 1.54) is 6.20 Å². The highest BCUT2D eigenvalue weighted by atomic mass is 16.5. The lowest BCUT2D eigenvalue weighted by molar-refractivity contribution is 0.0526. The van der Waals surface area contributed by atoms with Gasteiger partial charge in [0.2, 0.25) is 0 Å². The number of rotatable bonds is 3. The molecule has 4 heteroatoms. The zero-order valence-electron chi connectivity index (χ0n) is 9.88. The first-order valence-electron chi connectivity index (χ1n) is 5.50. The van der Waals surface area contributed by atoms with E-state index in [4.69, 9.17) is 4.74 Å². The van der Waals surface area contributed by atoms with Gasteiger partial charge in [-0.25, -0.2) is 9.48 Å². The normalized spacial score (nSPS) is 10.2. The zero-order valence-corrected chi connectivity index (χ0v) is 9.88. The number of hydrogen-bond donors (Lipinski definition) is 0. The number of para-hydroxylation sites is 1. The Hall–Kier alpha value is -2.10. The third-order valence-corrected chi connectivity index (χ3v) is 2.46. The van der Waals surface area contributed by atoms with E-state index in [1.54, 1.807) is 17.8 Å². The Morgan fingerprint density at radius 3 is 2.88 bits per heavy atom. The van der Waals surface area contributed by atoms with E-state index in [-0.39, 0.29) is 5.97 Å². The van der Waals surface area contributed by atoms with Gasteiger partial charge >= 0.3 is 5.97 Å². The number of carbonyl (C=O) groups is 1. The van der Waals surface area contributed by atoms with Crippen molar-refractivity contribution < 1.29 is 9.53 Å². The number of benzene rings is 1. The van der Waals surface area contributed by atoms with Crippen LogP contribution in [0, 0.1) is 6.92 Å². The van der Waals surface area contributed by atoms with Gasteiger partial charge in [-0.05, 0) is 25.5 Å². The topological polar surface area (TPSA) is 44.1 Å². The predicted molar refractivity (Wildman–Crippen MR) is 64.3 cm³/mol. The Morgan fingerprint density at radius 1 is 1.41 bits per heavy atom. The maximum Gasteiger partial charge on any atom is 0.341 e. The van der Waals surface area contributed by atoms with Gasteiger partial charge in [-0.3, -0.25) is 0 Å². The molecule has 0 N–H and O–H groups in total. The molecule has 0 saturated heterocycles. The molecule has 1 aromatic heterocycles. The molecule has 1 heterocycles. The summed E-state index contributed by atoms with van der Waals surface area (Å²) in [5.74, 6) is -0.340. The summed E-state index contributed by atoms with van der Waals surface area (Å²) in [6.45, 7) is 4.15. The summed E-state index contributed by atoms with van der Waals surface area (Å²) in [5.41, 5.74) is 2.53. The number of carbonyl (C=O) groups excluding carboxylic acids is 1. The summed E-state index contributed by atoms with van der Waals surface area (Å²) in [7, 11) is 0. The Kier molecular flexibility index (Phi) is 3.23. The van der Waals surface area contributed by atoms with Crippen LogP contribution in [0.5, 0.6) is 0 Å². The molecule has 0 radical (unpaired) electrons. The van der Waals surface area contributed by atoms with Crippen LogP contribution in [-0.2, 0) is 4.74 Å². The lowest BCUT2D eigenvalue weighted by Gasteiger charge is -2.04. The first-order valence-corrected chi connectivity index (χ1v) is 5.50. The van der Waals surface area contributed by atoms with Crippen molar-refractivity contribution >= 4 is 5.97 Å². The van der Waals surface area contributed by atoms with Crippen LogP contribution in [0.3, 0.4) is 0 Å². The minimum atomic E-state index is -0.340. The van der Waals surface area contributed by atoms with Crippen LogP contribution in [0.1, 0.15) is 22.8 Å². The molecule has 0 amide bonds. The lowest BCUT2D eigenvalue weighted by Crippen LogP contribution is -2.03. The third-order valence-electron chi connectivity index (χ3n) is 2.46. The van der Waals surface area contributed by atoms with Crippen molar-refractivity contribution in [1.29, 1.82) is 0 Å². The van der Waals surface area contributed by atoms with Crippen LogP contribution in [0.15, 0.2) is 36.7 Å². The SMILES string of the molecule is CCOC(=O)c1cnn(-c2ccccc2C)c1. The fourth-order valence-electron chi connectivity index (χ4n) is 1.59. The highest BCUT2D eigenvalue weighted by Crippen LogP contribution is 2.13. The van der Waals surface area contributed by atoms with Gasteiger partial charge in [0.05, 0.1) is 24.1 Å². The first-order chi connectivity index (χ1) is 8.22. The number of nitrogens with zero attached hydrogens (tertiary/aromatic N) is 2. The quantitative estimate of drug-likeness (QED) is 0.760. The molecule has 2 aromatic rings. The van der Waals surface area contributed by atoms with Crippen molar-refractivity contribution in [1.82, 2.24) is 9.78 Å². The average molecular weight is 230 g/mol. The molecule has 0 atom stereocenters. The van der Waals surface area contributed by atoms with E-state index in [1.807, 2.05) is 31.2 Å². The molecule has 0 aliphatic rings. The monoisotopic (exact) mass is 230 g/mol. The second-order valence-electron chi connectivity index (χ2n) is 3.68. The van der Waals surface area contributed by atoms with E-state index >= 15 is 0 Å². The minimum Gasteiger partial charge on any atom is -0.462 e. The van der Waals surface area contributed by atoms with Crippen LogP contribution >= 0.6 is 0 Å². The summed E-state index contributed by atoms with van der Waals surface area (Å²) >= 11 is 0. The van der Waals surface area contributed by atoms with Crippen LogP contribution in [0.25, 0.3) is 5.69 Å². The summed E-state index contributed by atoms with van der Waals surface area (Å²) in [6, 6.07) is 7.86. The Bertz CT molecular complexity index is 532. The largest absolute Gasteiger partial charge is 0.462 e. The molecule has 88 valence electrons. The van der Waals surface area contributed by atoms with Gasteiger partial charge in [0, 0.05) is 6.20 Å². The van der Waals surface area contributed by atoms with Gasteiger partial charge in [-0.15, -0.1) is 0 Å². The molecule has 0 aliphatic heterocycles. The predicted octanol–water partition coefficient (Wildman–Crippen LogP) is 2.36. The fourth-order valence-corrected chi connectivity index (χ4v) is 1.59. The molecule has 4 nitrogen and oxygen atoms in total. The molecule has 0 bridgehead atoms. The van der Waals surface area contributed by atoms with Gasteiger partial charge < -0.3 is 4.74 Å². The van der Waals surface area contributed by atoms with Crippen molar-refractivity contribution in [3.8, 4) is 5.69 Å². The zero-order chi connectivity index (χ0) is 12.3. The molecule has 0 aliphatic carbocycles. The van der Waals surface area contributed by atoms with Crippen LogP contribution < -0.4 is 0 Å². The van der Waals surface area contributed by atoms with Crippen molar-refractivity contribution in [2.24, 2.45) is 0 Å². The second kappa shape index (κ2) is 4.82. The van der Waals surface area contributed by atoms with Crippen LogP contribution in [-0.4, -0.2) is 22.4 Å². The summed E-state index contributed by atoms with van der Waals surface area (Å²) in [6.07, 6.45) is 3.20. The lowest BCUT2D eigenvalue weighted by atomic mass is 10.2. The van der Waals surface area contributed by atoms with Crippen molar-refractivity contribution in [3.05, 3.63) is 47.8 Å². The second-order valence-corrected chi connectivity index (χ2v) is 3.68. The molecule has 0 saturated carbocycles. The number of hydrogen-bond acceptors (Lipinski definition) is 3. The maximum atomic E-state index is 11.5. The number of esters is 1.